The van der Waals surface area contributed by atoms with E-state index in [1.165, 1.54) is 21.5 Å². The predicted octanol–water partition coefficient (Wildman–Crippen LogP) is 4.93. The third-order valence-corrected chi connectivity index (χ3v) is 6.33. The first-order chi connectivity index (χ1) is 11.1. The van der Waals surface area contributed by atoms with Crippen molar-refractivity contribution < 1.29 is 0 Å². The van der Waals surface area contributed by atoms with Crippen molar-refractivity contribution in [3.05, 3.63) is 34.0 Å². The second-order valence-corrected chi connectivity index (χ2v) is 8.46. The van der Waals surface area contributed by atoms with Crippen LogP contribution in [0.1, 0.15) is 9.75 Å². The van der Waals surface area contributed by atoms with Gasteiger partial charge in [0.05, 0.1) is 23.1 Å². The SMILES string of the molecule is Cc1ccc(-c2c(N)c(N)c(-c3ccc(C)s3)c3nsnc23)s1. The zero-order chi connectivity index (χ0) is 16.1. The highest BCUT2D eigenvalue weighted by molar-refractivity contribution is 7.16. The van der Waals surface area contributed by atoms with Crippen LogP contribution in [0.3, 0.4) is 0 Å². The van der Waals surface area contributed by atoms with Gasteiger partial charge in [-0.2, -0.15) is 8.75 Å². The fourth-order valence-electron chi connectivity index (χ4n) is 2.68. The molecule has 116 valence electrons. The first kappa shape index (κ1) is 14.6. The van der Waals surface area contributed by atoms with Crippen molar-refractivity contribution in [2.24, 2.45) is 0 Å². The van der Waals surface area contributed by atoms with Crippen LogP contribution >= 0.6 is 34.4 Å². The van der Waals surface area contributed by atoms with Gasteiger partial charge < -0.3 is 11.5 Å². The molecule has 7 heteroatoms. The number of hydrogen-bond acceptors (Lipinski definition) is 7. The molecule has 0 saturated heterocycles. The Labute approximate surface area is 145 Å². The Morgan fingerprint density at radius 2 is 1.17 bits per heavy atom. The minimum atomic E-state index is 0.591. The molecule has 0 radical (unpaired) electrons. The van der Waals surface area contributed by atoms with Crippen molar-refractivity contribution in [2.45, 2.75) is 13.8 Å². The van der Waals surface area contributed by atoms with Gasteiger partial charge in [0.2, 0.25) is 0 Å². The molecule has 0 spiro atoms. The lowest BCUT2D eigenvalue weighted by Gasteiger charge is -2.12. The summed E-state index contributed by atoms with van der Waals surface area (Å²) in [5.41, 5.74) is 17.5. The summed E-state index contributed by atoms with van der Waals surface area (Å²) < 4.78 is 9.01. The van der Waals surface area contributed by atoms with Gasteiger partial charge in [0.1, 0.15) is 11.0 Å². The number of hydrogen-bond donors (Lipinski definition) is 2. The monoisotopic (exact) mass is 358 g/mol. The first-order valence-corrected chi connectivity index (χ1v) is 9.39. The van der Waals surface area contributed by atoms with Gasteiger partial charge in [-0.15, -0.1) is 22.7 Å². The second kappa shape index (κ2) is 5.30. The van der Waals surface area contributed by atoms with Crippen molar-refractivity contribution in [1.29, 1.82) is 0 Å². The maximum Gasteiger partial charge on any atom is 0.116 e. The summed E-state index contributed by atoms with van der Waals surface area (Å²) in [6.45, 7) is 4.15. The number of nitrogens with zero attached hydrogens (tertiary/aromatic N) is 2. The Kier molecular flexibility index (Phi) is 3.37. The van der Waals surface area contributed by atoms with Gasteiger partial charge >= 0.3 is 0 Å². The van der Waals surface area contributed by atoms with Gasteiger partial charge in [-0.1, -0.05) is 0 Å². The lowest BCUT2D eigenvalue weighted by atomic mass is 10.0. The summed E-state index contributed by atoms with van der Waals surface area (Å²) >= 11 is 4.58. The number of thiophene rings is 2. The molecule has 0 aliphatic heterocycles. The van der Waals surface area contributed by atoms with Crippen LogP contribution < -0.4 is 11.5 Å². The van der Waals surface area contributed by atoms with E-state index in [0.717, 1.165) is 31.9 Å². The molecule has 0 aliphatic carbocycles. The third kappa shape index (κ3) is 2.23. The summed E-state index contributed by atoms with van der Waals surface area (Å²) in [5.74, 6) is 0. The quantitative estimate of drug-likeness (QED) is 0.498. The zero-order valence-corrected chi connectivity index (χ0v) is 15.0. The normalized spacial score (nSPS) is 11.4. The van der Waals surface area contributed by atoms with Crippen LogP contribution in [0, 0.1) is 13.8 Å². The van der Waals surface area contributed by atoms with E-state index in [4.69, 9.17) is 11.5 Å². The molecule has 0 fully saturated rings. The molecular weight excluding hydrogens is 344 g/mol. The molecule has 0 unspecified atom stereocenters. The van der Waals surface area contributed by atoms with Crippen LogP contribution in [0.5, 0.6) is 0 Å². The van der Waals surface area contributed by atoms with Crippen molar-refractivity contribution in [2.75, 3.05) is 11.5 Å². The molecule has 0 aliphatic rings. The maximum absolute atomic E-state index is 6.42. The van der Waals surface area contributed by atoms with Crippen LogP contribution in [-0.4, -0.2) is 8.75 Å². The van der Waals surface area contributed by atoms with Gasteiger partial charge in [-0.05, 0) is 38.1 Å². The Balaban J connectivity index is 2.09. The molecule has 0 atom stereocenters. The fraction of sp³-hybridized carbons (Fsp3) is 0.125. The van der Waals surface area contributed by atoms with Crippen molar-refractivity contribution in [3.8, 4) is 20.9 Å². The Morgan fingerprint density at radius 3 is 1.52 bits per heavy atom. The number of anilines is 2. The number of nitrogen functional groups attached to an aromatic ring is 2. The molecule has 0 bridgehead atoms. The first-order valence-electron chi connectivity index (χ1n) is 7.03. The molecule has 1 aromatic carbocycles. The van der Waals surface area contributed by atoms with E-state index in [9.17, 15) is 0 Å². The van der Waals surface area contributed by atoms with Crippen LogP contribution in [-0.2, 0) is 0 Å². The van der Waals surface area contributed by atoms with E-state index in [1.807, 2.05) is 0 Å². The van der Waals surface area contributed by atoms with Crippen molar-refractivity contribution in [1.82, 2.24) is 8.75 Å². The topological polar surface area (TPSA) is 77.8 Å². The van der Waals surface area contributed by atoms with Crippen LogP contribution in [0.25, 0.3) is 31.9 Å². The molecule has 4 N–H and O–H groups in total. The Morgan fingerprint density at radius 1 is 0.739 bits per heavy atom. The van der Waals surface area contributed by atoms with E-state index >= 15 is 0 Å². The number of aromatic nitrogens is 2. The summed E-state index contributed by atoms with van der Waals surface area (Å²) in [6, 6.07) is 8.30. The van der Waals surface area contributed by atoms with Crippen LogP contribution in [0.4, 0.5) is 11.4 Å². The van der Waals surface area contributed by atoms with Crippen molar-refractivity contribution >= 4 is 56.8 Å². The highest BCUT2D eigenvalue weighted by atomic mass is 32.1. The number of nitrogens with two attached hydrogens (primary N) is 2. The molecule has 3 heterocycles. The number of fused-ring (bicyclic) bond motifs is 1. The molecule has 4 rings (SSSR count). The summed E-state index contributed by atoms with van der Waals surface area (Å²) in [4.78, 5) is 4.62. The minimum Gasteiger partial charge on any atom is -0.396 e. The molecular formula is C16H14N4S3. The molecule has 0 saturated carbocycles. The summed E-state index contributed by atoms with van der Waals surface area (Å²) in [6.07, 6.45) is 0. The van der Waals surface area contributed by atoms with E-state index in [1.54, 1.807) is 22.7 Å². The number of rotatable bonds is 2. The van der Waals surface area contributed by atoms with Gasteiger partial charge in [0, 0.05) is 30.6 Å². The lowest BCUT2D eigenvalue weighted by molar-refractivity contribution is 1.61. The van der Waals surface area contributed by atoms with Crippen LogP contribution in [0.2, 0.25) is 0 Å². The molecule has 0 amide bonds. The zero-order valence-electron chi connectivity index (χ0n) is 12.6. The van der Waals surface area contributed by atoms with E-state index in [-0.39, 0.29) is 0 Å². The van der Waals surface area contributed by atoms with Crippen LogP contribution in [0.15, 0.2) is 24.3 Å². The van der Waals surface area contributed by atoms with Gasteiger partial charge in [-0.25, -0.2) is 0 Å². The third-order valence-electron chi connectivity index (χ3n) is 3.76. The fourth-order valence-corrected chi connectivity index (χ4v) is 5.09. The second-order valence-electron chi connectivity index (χ2n) is 5.36. The summed E-state index contributed by atoms with van der Waals surface area (Å²) in [5, 5.41) is 0. The highest BCUT2D eigenvalue weighted by Gasteiger charge is 2.22. The average Bonchev–Trinajstić information content (AvgIpc) is 3.23. The van der Waals surface area contributed by atoms with Gasteiger partial charge in [-0.3, -0.25) is 0 Å². The Hall–Kier alpha value is -1.96. The number of aryl methyl sites for hydroxylation is 2. The van der Waals surface area contributed by atoms with E-state index < -0.39 is 0 Å². The lowest BCUT2D eigenvalue weighted by Crippen LogP contribution is -2.00. The standard InChI is InChI=1S/C16H14N4S3/c1-7-3-5-9(21-7)11-13(17)14(18)12(10-6-4-8(2)22-10)16-15(11)19-23-20-16/h3-6H,17-18H2,1-2H3. The highest BCUT2D eigenvalue weighted by Crippen LogP contribution is 2.47. The minimum absolute atomic E-state index is 0.591. The van der Waals surface area contributed by atoms with E-state index in [2.05, 4.69) is 46.9 Å². The van der Waals surface area contributed by atoms with Gasteiger partial charge in [0.25, 0.3) is 0 Å². The predicted molar refractivity (Wildman–Crippen MR) is 102 cm³/mol. The van der Waals surface area contributed by atoms with Crippen molar-refractivity contribution in [3.63, 3.8) is 0 Å². The molecule has 3 aromatic heterocycles. The largest absolute Gasteiger partial charge is 0.396 e. The number of benzene rings is 1. The molecule has 4 nitrogen and oxygen atoms in total. The molecule has 4 aromatic rings. The van der Waals surface area contributed by atoms with Gasteiger partial charge in [0.15, 0.2) is 0 Å². The molecule has 23 heavy (non-hydrogen) atoms. The smallest absolute Gasteiger partial charge is 0.116 e. The Bertz CT molecular complexity index is 945. The average molecular weight is 359 g/mol. The maximum atomic E-state index is 6.42. The summed E-state index contributed by atoms with van der Waals surface area (Å²) in [7, 11) is 0. The van der Waals surface area contributed by atoms with E-state index in [0.29, 0.717) is 11.4 Å².